The number of likely N-dealkylation sites (tertiary alicyclic amines) is 1. The minimum Gasteiger partial charge on any atom is -0.446 e. The van der Waals surface area contributed by atoms with Crippen molar-refractivity contribution in [2.75, 3.05) is 33.7 Å². The monoisotopic (exact) mass is 383 g/mol. The van der Waals surface area contributed by atoms with Gasteiger partial charge in [0.2, 0.25) is 0 Å². The van der Waals surface area contributed by atoms with Crippen molar-refractivity contribution in [2.45, 2.75) is 57.6 Å². The van der Waals surface area contributed by atoms with Crippen LogP contribution in [0.4, 0.5) is 4.79 Å². The Hall–Kier alpha value is -1.85. The Morgan fingerprint density at radius 3 is 2.57 bits per heavy atom. The molecular formula is C23H33N3O2. The maximum Gasteiger partial charge on any atom is 0.418 e. The molecule has 2 aliphatic rings. The molecule has 1 aliphatic heterocycles. The van der Waals surface area contributed by atoms with Crippen molar-refractivity contribution in [3.05, 3.63) is 35.5 Å². The SMILES string of the molecule is Cc1ccc2c(c1)c(CCN(C)C)cn2C(=O)OC1CCC(N2CCC2)CC1. The molecule has 0 amide bonds. The lowest BCUT2D eigenvalue weighted by molar-refractivity contribution is 0.0307. The van der Waals surface area contributed by atoms with E-state index in [9.17, 15) is 4.79 Å². The van der Waals surface area contributed by atoms with Gasteiger partial charge in [-0.05, 0) is 90.3 Å². The van der Waals surface area contributed by atoms with Crippen LogP contribution in [-0.2, 0) is 11.2 Å². The molecule has 1 aliphatic carbocycles. The quantitative estimate of drug-likeness (QED) is 0.780. The molecule has 5 heteroatoms. The zero-order valence-electron chi connectivity index (χ0n) is 17.5. The summed E-state index contributed by atoms with van der Waals surface area (Å²) in [5, 5.41) is 1.17. The maximum absolute atomic E-state index is 13.0. The molecule has 0 unspecified atom stereocenters. The predicted molar refractivity (Wildman–Crippen MR) is 113 cm³/mol. The molecule has 2 heterocycles. The summed E-state index contributed by atoms with van der Waals surface area (Å²) in [5.41, 5.74) is 3.39. The van der Waals surface area contributed by atoms with Crippen LogP contribution in [0.3, 0.4) is 0 Å². The van der Waals surface area contributed by atoms with Gasteiger partial charge in [-0.1, -0.05) is 11.6 Å². The standard InChI is InChI=1S/C23H33N3O2/c1-17-5-10-22-21(15-17)18(11-14-24(2)3)16-26(22)23(27)28-20-8-6-19(7-9-20)25-12-4-13-25/h5,10,15-16,19-20H,4,6-9,11-14H2,1-3H3. The summed E-state index contributed by atoms with van der Waals surface area (Å²) < 4.78 is 7.65. The number of hydrogen-bond acceptors (Lipinski definition) is 4. The number of carbonyl (C=O) groups is 1. The van der Waals surface area contributed by atoms with Gasteiger partial charge in [-0.3, -0.25) is 4.57 Å². The summed E-state index contributed by atoms with van der Waals surface area (Å²) in [6, 6.07) is 7.01. The molecule has 0 N–H and O–H groups in total. The fraction of sp³-hybridized carbons (Fsp3) is 0.609. The second-order valence-electron chi connectivity index (χ2n) is 8.80. The second kappa shape index (κ2) is 8.26. The van der Waals surface area contributed by atoms with Gasteiger partial charge in [-0.25, -0.2) is 4.79 Å². The normalized spacial score (nSPS) is 23.1. The van der Waals surface area contributed by atoms with Crippen molar-refractivity contribution in [2.24, 2.45) is 0 Å². The van der Waals surface area contributed by atoms with Gasteiger partial charge >= 0.3 is 6.09 Å². The smallest absolute Gasteiger partial charge is 0.418 e. The Kier molecular flexibility index (Phi) is 5.74. The van der Waals surface area contributed by atoms with Crippen molar-refractivity contribution in [3.63, 3.8) is 0 Å². The number of likely N-dealkylation sites (N-methyl/N-ethyl adjacent to an activating group) is 1. The number of hydrogen-bond donors (Lipinski definition) is 0. The molecule has 0 spiro atoms. The number of nitrogens with zero attached hydrogens (tertiary/aromatic N) is 3. The summed E-state index contributed by atoms with van der Waals surface area (Å²) in [5.74, 6) is 0. The van der Waals surface area contributed by atoms with Crippen LogP contribution in [0.5, 0.6) is 0 Å². The number of benzene rings is 1. The van der Waals surface area contributed by atoms with Crippen LogP contribution in [0.1, 0.15) is 43.2 Å². The average molecular weight is 384 g/mol. The van der Waals surface area contributed by atoms with Gasteiger partial charge in [0.25, 0.3) is 0 Å². The van der Waals surface area contributed by atoms with Crippen molar-refractivity contribution in [1.82, 2.24) is 14.4 Å². The molecule has 28 heavy (non-hydrogen) atoms. The minimum absolute atomic E-state index is 0.0538. The molecule has 1 saturated carbocycles. The van der Waals surface area contributed by atoms with Crippen LogP contribution in [0.15, 0.2) is 24.4 Å². The molecule has 1 aromatic heterocycles. The highest BCUT2D eigenvalue weighted by atomic mass is 16.6. The molecule has 5 nitrogen and oxygen atoms in total. The largest absolute Gasteiger partial charge is 0.446 e. The van der Waals surface area contributed by atoms with Crippen LogP contribution in [0.2, 0.25) is 0 Å². The zero-order chi connectivity index (χ0) is 19.7. The van der Waals surface area contributed by atoms with Crippen LogP contribution >= 0.6 is 0 Å². The Labute approximate surface area is 168 Å². The average Bonchev–Trinajstić information content (AvgIpc) is 2.98. The van der Waals surface area contributed by atoms with E-state index in [1.165, 1.54) is 36.0 Å². The van der Waals surface area contributed by atoms with Crippen molar-refractivity contribution >= 4 is 17.0 Å². The summed E-state index contributed by atoms with van der Waals surface area (Å²) in [6.07, 6.45) is 8.35. The predicted octanol–water partition coefficient (Wildman–Crippen LogP) is 4.06. The minimum atomic E-state index is -0.225. The van der Waals surface area contributed by atoms with Gasteiger partial charge in [-0.15, -0.1) is 0 Å². The number of aromatic nitrogens is 1. The molecule has 1 aromatic carbocycles. The van der Waals surface area contributed by atoms with E-state index in [0.29, 0.717) is 6.04 Å². The van der Waals surface area contributed by atoms with Crippen LogP contribution in [0.25, 0.3) is 10.9 Å². The molecule has 2 fully saturated rings. The lowest BCUT2D eigenvalue weighted by Gasteiger charge is -2.41. The number of fused-ring (bicyclic) bond motifs is 1. The first kappa shape index (κ1) is 19.5. The number of aryl methyl sites for hydroxylation is 1. The van der Waals surface area contributed by atoms with Gasteiger partial charge < -0.3 is 14.5 Å². The van der Waals surface area contributed by atoms with Gasteiger partial charge in [0.1, 0.15) is 6.10 Å². The first-order chi connectivity index (χ1) is 13.5. The highest BCUT2D eigenvalue weighted by Crippen LogP contribution is 2.29. The summed E-state index contributed by atoms with van der Waals surface area (Å²) in [7, 11) is 4.16. The molecule has 0 radical (unpaired) electrons. The fourth-order valence-corrected chi connectivity index (χ4v) is 4.54. The van der Waals surface area contributed by atoms with Crippen molar-refractivity contribution in [1.29, 1.82) is 0 Å². The molecule has 0 bridgehead atoms. The first-order valence-corrected chi connectivity index (χ1v) is 10.7. The van der Waals surface area contributed by atoms with Crippen LogP contribution in [0, 0.1) is 6.92 Å². The Morgan fingerprint density at radius 1 is 1.18 bits per heavy atom. The zero-order valence-corrected chi connectivity index (χ0v) is 17.5. The molecule has 2 aromatic rings. The lowest BCUT2D eigenvalue weighted by Crippen LogP contribution is -2.47. The van der Waals surface area contributed by atoms with E-state index in [1.807, 2.05) is 12.3 Å². The van der Waals surface area contributed by atoms with Crippen molar-refractivity contribution in [3.8, 4) is 0 Å². The van der Waals surface area contributed by atoms with Crippen LogP contribution in [-0.4, -0.2) is 66.3 Å². The number of carbonyl (C=O) groups excluding carboxylic acids is 1. The first-order valence-electron chi connectivity index (χ1n) is 10.7. The Balaban J connectivity index is 1.46. The van der Waals surface area contributed by atoms with E-state index in [1.54, 1.807) is 4.57 Å². The van der Waals surface area contributed by atoms with E-state index in [0.717, 1.165) is 44.2 Å². The number of ether oxygens (including phenoxy) is 1. The van der Waals surface area contributed by atoms with E-state index in [2.05, 4.69) is 43.0 Å². The molecule has 1 saturated heterocycles. The summed E-state index contributed by atoms with van der Waals surface area (Å²) >= 11 is 0. The number of rotatable bonds is 5. The fourth-order valence-electron chi connectivity index (χ4n) is 4.54. The molecular weight excluding hydrogens is 350 g/mol. The van der Waals surface area contributed by atoms with Gasteiger partial charge in [0, 0.05) is 24.2 Å². The van der Waals surface area contributed by atoms with Gasteiger partial charge in [-0.2, -0.15) is 0 Å². The van der Waals surface area contributed by atoms with Crippen LogP contribution < -0.4 is 0 Å². The Morgan fingerprint density at radius 2 is 1.93 bits per heavy atom. The molecule has 4 rings (SSSR count). The van der Waals surface area contributed by atoms with Crippen molar-refractivity contribution < 1.29 is 9.53 Å². The third kappa shape index (κ3) is 4.11. The van der Waals surface area contributed by atoms with E-state index >= 15 is 0 Å². The lowest BCUT2D eigenvalue weighted by atomic mass is 9.90. The van der Waals surface area contributed by atoms with E-state index in [-0.39, 0.29) is 12.2 Å². The third-order valence-corrected chi connectivity index (χ3v) is 6.39. The summed E-state index contributed by atoms with van der Waals surface area (Å²) in [6.45, 7) is 5.56. The highest BCUT2D eigenvalue weighted by molar-refractivity contribution is 5.92. The van der Waals surface area contributed by atoms with E-state index in [4.69, 9.17) is 4.74 Å². The van der Waals surface area contributed by atoms with Gasteiger partial charge in [0.15, 0.2) is 0 Å². The molecule has 0 atom stereocenters. The topological polar surface area (TPSA) is 37.7 Å². The third-order valence-electron chi connectivity index (χ3n) is 6.39. The van der Waals surface area contributed by atoms with E-state index < -0.39 is 0 Å². The summed E-state index contributed by atoms with van der Waals surface area (Å²) in [4.78, 5) is 17.7. The second-order valence-corrected chi connectivity index (χ2v) is 8.80. The maximum atomic E-state index is 13.0. The van der Waals surface area contributed by atoms with Gasteiger partial charge in [0.05, 0.1) is 5.52 Å². The highest BCUT2D eigenvalue weighted by Gasteiger charge is 2.30. The Bertz CT molecular complexity index is 830. The molecule has 152 valence electrons.